The Kier molecular flexibility index (Phi) is 2.22. The predicted molar refractivity (Wildman–Crippen MR) is 61.8 cm³/mol. The molecule has 0 unspecified atom stereocenters. The molecule has 2 aromatic rings. The minimum Gasteiger partial charge on any atom is -0.341 e. The van der Waals surface area contributed by atoms with Gasteiger partial charge in [-0.3, -0.25) is 4.90 Å². The summed E-state index contributed by atoms with van der Waals surface area (Å²) in [5, 5.41) is 0. The summed E-state index contributed by atoms with van der Waals surface area (Å²) in [7, 11) is 2.15. The number of hydrogen-bond acceptors (Lipinski definition) is 3. The quantitative estimate of drug-likeness (QED) is 0.719. The van der Waals surface area contributed by atoms with Crippen LogP contribution in [0.15, 0.2) is 30.7 Å². The second-order valence-electron chi connectivity index (χ2n) is 4.19. The van der Waals surface area contributed by atoms with E-state index >= 15 is 0 Å². The first-order valence-corrected chi connectivity index (χ1v) is 5.48. The van der Waals surface area contributed by atoms with Crippen molar-refractivity contribution in [3.63, 3.8) is 0 Å². The van der Waals surface area contributed by atoms with Crippen molar-refractivity contribution < 1.29 is 0 Å². The second-order valence-corrected chi connectivity index (χ2v) is 4.19. The lowest BCUT2D eigenvalue weighted by Gasteiger charge is -2.25. The molecule has 3 rings (SSSR count). The van der Waals surface area contributed by atoms with Crippen LogP contribution in [0, 0.1) is 0 Å². The molecule has 0 N–H and O–H groups in total. The van der Waals surface area contributed by atoms with Crippen molar-refractivity contribution in [3.05, 3.63) is 36.4 Å². The van der Waals surface area contributed by atoms with Gasteiger partial charge >= 0.3 is 0 Å². The van der Waals surface area contributed by atoms with E-state index in [1.165, 1.54) is 11.4 Å². The highest BCUT2D eigenvalue weighted by molar-refractivity contribution is 5.55. The van der Waals surface area contributed by atoms with Gasteiger partial charge in [-0.2, -0.15) is 0 Å². The highest BCUT2D eigenvalue weighted by Gasteiger charge is 2.16. The summed E-state index contributed by atoms with van der Waals surface area (Å²) in [4.78, 5) is 10.6. The van der Waals surface area contributed by atoms with Crippen LogP contribution >= 0.6 is 0 Å². The molecule has 0 aromatic carbocycles. The van der Waals surface area contributed by atoms with Crippen molar-refractivity contribution in [3.8, 4) is 11.4 Å². The van der Waals surface area contributed by atoms with Gasteiger partial charge in [-0.1, -0.05) is 0 Å². The van der Waals surface area contributed by atoms with Crippen LogP contribution in [-0.4, -0.2) is 33.0 Å². The largest absolute Gasteiger partial charge is 0.341 e. The zero-order valence-corrected chi connectivity index (χ0v) is 9.30. The lowest BCUT2D eigenvalue weighted by molar-refractivity contribution is 0.271. The van der Waals surface area contributed by atoms with Gasteiger partial charge in [0.1, 0.15) is 6.33 Å². The van der Waals surface area contributed by atoms with E-state index in [-0.39, 0.29) is 0 Å². The average molecular weight is 214 g/mol. The first-order chi connectivity index (χ1) is 7.84. The number of fused-ring (bicyclic) bond motifs is 1. The first kappa shape index (κ1) is 9.54. The molecule has 1 aliphatic rings. The monoisotopic (exact) mass is 214 g/mol. The molecule has 0 radical (unpaired) electrons. The van der Waals surface area contributed by atoms with E-state index in [2.05, 4.69) is 38.6 Å². The lowest BCUT2D eigenvalue weighted by atomic mass is 10.3. The summed E-state index contributed by atoms with van der Waals surface area (Å²) >= 11 is 0. The van der Waals surface area contributed by atoms with Crippen LogP contribution < -0.4 is 0 Å². The maximum Gasteiger partial charge on any atom is 0.116 e. The number of rotatable bonds is 1. The fourth-order valence-corrected chi connectivity index (χ4v) is 2.20. The molecule has 0 atom stereocenters. The standard InChI is InChI=1S/C12H14N4/c1-15-6-7-16-10(8-15)2-3-12(16)11-4-5-13-9-14-11/h2-5,9H,6-8H2,1H3. The minimum atomic E-state index is 1.01. The first-order valence-electron chi connectivity index (χ1n) is 5.48. The Labute approximate surface area is 94.6 Å². The Balaban J connectivity index is 2.04. The molecule has 0 fully saturated rings. The van der Waals surface area contributed by atoms with E-state index in [0.717, 1.165) is 25.3 Å². The zero-order chi connectivity index (χ0) is 11.0. The Morgan fingerprint density at radius 2 is 2.12 bits per heavy atom. The minimum absolute atomic E-state index is 1.01. The van der Waals surface area contributed by atoms with Crippen molar-refractivity contribution >= 4 is 0 Å². The van der Waals surface area contributed by atoms with Crippen LogP contribution in [0.25, 0.3) is 11.4 Å². The molecule has 4 nitrogen and oxygen atoms in total. The Morgan fingerprint density at radius 1 is 1.19 bits per heavy atom. The van der Waals surface area contributed by atoms with Gasteiger partial charge in [0.15, 0.2) is 0 Å². The van der Waals surface area contributed by atoms with Gasteiger partial charge in [0, 0.05) is 31.5 Å². The molecule has 0 bridgehead atoms. The maximum absolute atomic E-state index is 4.30. The molecule has 16 heavy (non-hydrogen) atoms. The smallest absolute Gasteiger partial charge is 0.116 e. The molecule has 0 spiro atoms. The van der Waals surface area contributed by atoms with Gasteiger partial charge in [0.2, 0.25) is 0 Å². The van der Waals surface area contributed by atoms with Crippen LogP contribution in [-0.2, 0) is 13.1 Å². The fraction of sp³-hybridized carbons (Fsp3) is 0.333. The van der Waals surface area contributed by atoms with E-state index < -0.39 is 0 Å². The molecule has 0 saturated heterocycles. The molecular formula is C12H14N4. The zero-order valence-electron chi connectivity index (χ0n) is 9.30. The van der Waals surface area contributed by atoms with Crippen molar-refractivity contribution in [1.29, 1.82) is 0 Å². The molecule has 0 amide bonds. The van der Waals surface area contributed by atoms with Gasteiger partial charge in [0.25, 0.3) is 0 Å². The summed E-state index contributed by atoms with van der Waals surface area (Å²) in [6, 6.07) is 6.30. The molecule has 0 aliphatic carbocycles. The third kappa shape index (κ3) is 1.51. The molecule has 2 aromatic heterocycles. The van der Waals surface area contributed by atoms with Gasteiger partial charge in [-0.15, -0.1) is 0 Å². The van der Waals surface area contributed by atoms with Crippen molar-refractivity contribution in [2.24, 2.45) is 0 Å². The SMILES string of the molecule is CN1CCn2c(ccc2-c2ccncn2)C1. The number of likely N-dealkylation sites (N-methyl/N-ethyl adjacent to an activating group) is 1. The van der Waals surface area contributed by atoms with Crippen molar-refractivity contribution in [2.45, 2.75) is 13.1 Å². The van der Waals surface area contributed by atoms with Crippen LogP contribution in [0.3, 0.4) is 0 Å². The molecular weight excluding hydrogens is 200 g/mol. The number of aromatic nitrogens is 3. The topological polar surface area (TPSA) is 34.0 Å². The molecule has 3 heterocycles. The van der Waals surface area contributed by atoms with Crippen molar-refractivity contribution in [1.82, 2.24) is 19.4 Å². The van der Waals surface area contributed by atoms with Crippen LogP contribution in [0.5, 0.6) is 0 Å². The Bertz CT molecular complexity index is 489. The predicted octanol–water partition coefficient (Wildman–Crippen LogP) is 1.39. The second kappa shape index (κ2) is 3.72. The summed E-state index contributed by atoms with van der Waals surface area (Å²) in [6.45, 7) is 3.16. The highest BCUT2D eigenvalue weighted by Crippen LogP contribution is 2.23. The normalized spacial score (nSPS) is 16.1. The van der Waals surface area contributed by atoms with Gasteiger partial charge < -0.3 is 4.57 Å². The molecule has 82 valence electrons. The van der Waals surface area contributed by atoms with Crippen LogP contribution in [0.4, 0.5) is 0 Å². The van der Waals surface area contributed by atoms with Crippen molar-refractivity contribution in [2.75, 3.05) is 13.6 Å². The van der Waals surface area contributed by atoms with Gasteiger partial charge in [0.05, 0.1) is 11.4 Å². The average Bonchev–Trinajstić information content (AvgIpc) is 2.73. The fourth-order valence-electron chi connectivity index (χ4n) is 2.20. The van der Waals surface area contributed by atoms with E-state index in [0.29, 0.717) is 0 Å². The maximum atomic E-state index is 4.30. The highest BCUT2D eigenvalue weighted by atomic mass is 15.2. The van der Waals surface area contributed by atoms with Gasteiger partial charge in [-0.05, 0) is 25.2 Å². The summed E-state index contributed by atoms with van der Waals surface area (Å²) in [6.07, 6.45) is 3.39. The lowest BCUT2D eigenvalue weighted by Crippen LogP contribution is -2.30. The molecule has 1 aliphatic heterocycles. The molecule has 4 heteroatoms. The summed E-state index contributed by atoms with van der Waals surface area (Å²) in [5.74, 6) is 0. The van der Waals surface area contributed by atoms with E-state index in [4.69, 9.17) is 0 Å². The Morgan fingerprint density at radius 3 is 2.94 bits per heavy atom. The van der Waals surface area contributed by atoms with E-state index in [1.54, 1.807) is 12.5 Å². The third-order valence-corrected chi connectivity index (χ3v) is 3.05. The number of hydrogen-bond donors (Lipinski definition) is 0. The summed E-state index contributed by atoms with van der Waals surface area (Å²) in [5.41, 5.74) is 3.57. The van der Waals surface area contributed by atoms with Crippen LogP contribution in [0.1, 0.15) is 5.69 Å². The Hall–Kier alpha value is -1.68. The van der Waals surface area contributed by atoms with Crippen LogP contribution in [0.2, 0.25) is 0 Å². The number of nitrogens with zero attached hydrogens (tertiary/aromatic N) is 4. The van der Waals surface area contributed by atoms with E-state index in [9.17, 15) is 0 Å². The van der Waals surface area contributed by atoms with E-state index in [1.807, 2.05) is 6.07 Å². The summed E-state index contributed by atoms with van der Waals surface area (Å²) < 4.78 is 2.35. The van der Waals surface area contributed by atoms with Gasteiger partial charge in [-0.25, -0.2) is 9.97 Å². The molecule has 0 saturated carbocycles. The third-order valence-electron chi connectivity index (χ3n) is 3.05.